The van der Waals surface area contributed by atoms with Gasteiger partial charge < -0.3 is 19.0 Å². The van der Waals surface area contributed by atoms with E-state index in [2.05, 4.69) is 0 Å². The van der Waals surface area contributed by atoms with Crippen molar-refractivity contribution in [3.05, 3.63) is 81.7 Å². The van der Waals surface area contributed by atoms with Crippen molar-refractivity contribution >= 4 is 22.8 Å². The molecule has 0 bridgehead atoms. The molecule has 192 valence electrons. The molecule has 0 saturated heterocycles. The summed E-state index contributed by atoms with van der Waals surface area (Å²) < 4.78 is 10.9. The lowest BCUT2D eigenvalue weighted by molar-refractivity contribution is -0.141. The van der Waals surface area contributed by atoms with Crippen LogP contribution in [0.1, 0.15) is 49.3 Å². The molecule has 2 aromatic carbocycles. The van der Waals surface area contributed by atoms with E-state index in [9.17, 15) is 14.4 Å². The summed E-state index contributed by atoms with van der Waals surface area (Å²) in [5, 5.41) is 0.496. The predicted octanol–water partition coefficient (Wildman–Crippen LogP) is 4.69. The summed E-state index contributed by atoms with van der Waals surface area (Å²) >= 11 is 0. The molecular formula is C29H36N2O5. The Hall–Kier alpha value is -3.45. The van der Waals surface area contributed by atoms with Crippen LogP contribution in [-0.2, 0) is 27.4 Å². The number of benzene rings is 2. The largest absolute Gasteiger partial charge is 0.464 e. The molecule has 0 aliphatic carbocycles. The quantitative estimate of drug-likeness (QED) is 0.324. The van der Waals surface area contributed by atoms with Crippen LogP contribution in [0.2, 0.25) is 0 Å². The molecule has 0 saturated carbocycles. The topological polar surface area (TPSA) is 80.1 Å². The molecule has 0 unspecified atom stereocenters. The average Bonchev–Trinajstić information content (AvgIpc) is 2.88. The number of rotatable bonds is 13. The number of unbranched alkanes of at least 4 members (excludes halogenated alkanes) is 1. The Kier molecular flexibility index (Phi) is 10.2. The lowest BCUT2D eigenvalue weighted by atomic mass is 10.1. The summed E-state index contributed by atoms with van der Waals surface area (Å²) in [5.41, 5.74) is 2.67. The Labute approximate surface area is 212 Å². The predicted molar refractivity (Wildman–Crippen MR) is 141 cm³/mol. The van der Waals surface area contributed by atoms with E-state index in [0.29, 0.717) is 49.1 Å². The van der Waals surface area contributed by atoms with Crippen molar-refractivity contribution in [2.45, 2.75) is 52.6 Å². The third-order valence-corrected chi connectivity index (χ3v) is 6.13. The molecule has 0 N–H and O–H groups in total. The molecule has 3 aromatic rings. The number of ether oxygens (including phenoxy) is 1. The Morgan fingerprint density at radius 3 is 2.47 bits per heavy atom. The van der Waals surface area contributed by atoms with Gasteiger partial charge in [0.25, 0.3) is 0 Å². The molecule has 3 rings (SSSR count). The van der Waals surface area contributed by atoms with E-state index in [1.165, 1.54) is 6.26 Å². The minimum Gasteiger partial charge on any atom is -0.464 e. The maximum Gasteiger partial charge on any atom is 0.242 e. The van der Waals surface area contributed by atoms with Crippen molar-refractivity contribution in [3.8, 4) is 0 Å². The summed E-state index contributed by atoms with van der Waals surface area (Å²) in [6.07, 6.45) is 4.17. The summed E-state index contributed by atoms with van der Waals surface area (Å²) in [5.74, 6) is -0.258. The molecule has 1 aromatic heterocycles. The van der Waals surface area contributed by atoms with Crippen molar-refractivity contribution in [3.63, 3.8) is 0 Å². The van der Waals surface area contributed by atoms with Crippen LogP contribution >= 0.6 is 0 Å². The molecule has 0 aliphatic rings. The smallest absolute Gasteiger partial charge is 0.242 e. The van der Waals surface area contributed by atoms with Crippen LogP contribution in [0.3, 0.4) is 0 Å². The zero-order valence-corrected chi connectivity index (χ0v) is 21.5. The first-order chi connectivity index (χ1) is 17.4. The summed E-state index contributed by atoms with van der Waals surface area (Å²) in [4.78, 5) is 42.9. The monoisotopic (exact) mass is 492 g/mol. The minimum absolute atomic E-state index is 0.0401. The number of nitrogens with zero attached hydrogens (tertiary/aromatic N) is 2. The number of hydrogen-bond acceptors (Lipinski definition) is 5. The number of amides is 2. The first-order valence-corrected chi connectivity index (χ1v) is 12.5. The highest BCUT2D eigenvalue weighted by Crippen LogP contribution is 2.16. The number of carbonyl (C=O) groups excluding carboxylic acids is 2. The maximum absolute atomic E-state index is 13.6. The average molecular weight is 493 g/mol. The van der Waals surface area contributed by atoms with Gasteiger partial charge in [-0.15, -0.1) is 0 Å². The van der Waals surface area contributed by atoms with Crippen LogP contribution in [0.5, 0.6) is 0 Å². The van der Waals surface area contributed by atoms with Crippen LogP contribution in [0.25, 0.3) is 11.0 Å². The highest BCUT2D eigenvalue weighted by atomic mass is 16.5. The van der Waals surface area contributed by atoms with E-state index in [1.54, 1.807) is 29.0 Å². The van der Waals surface area contributed by atoms with Gasteiger partial charge in [0.05, 0.1) is 30.3 Å². The van der Waals surface area contributed by atoms with E-state index in [4.69, 9.17) is 9.15 Å². The van der Waals surface area contributed by atoms with Crippen molar-refractivity contribution in [2.24, 2.45) is 0 Å². The van der Waals surface area contributed by atoms with Crippen molar-refractivity contribution in [1.29, 1.82) is 0 Å². The van der Waals surface area contributed by atoms with Gasteiger partial charge in [0.1, 0.15) is 5.58 Å². The Morgan fingerprint density at radius 2 is 1.75 bits per heavy atom. The lowest BCUT2D eigenvalue weighted by Crippen LogP contribution is -2.43. The van der Waals surface area contributed by atoms with Gasteiger partial charge in [0.2, 0.25) is 11.8 Å². The van der Waals surface area contributed by atoms with Gasteiger partial charge in [-0.1, -0.05) is 55.3 Å². The van der Waals surface area contributed by atoms with Crippen LogP contribution < -0.4 is 5.43 Å². The van der Waals surface area contributed by atoms with Crippen molar-refractivity contribution < 1.29 is 18.7 Å². The standard InChI is InChI=1S/C29H36N2O5/c1-4-5-12-27(32)30(15-9-16-35-3)20-28(33)31(18-23-10-7-6-8-11-23)19-24-21-36-26-14-13-22(2)17-25(26)29(24)34/h6-8,10-11,13-14,17,21H,4-5,9,12,15-16,18-20H2,1-3H3. The molecular weight excluding hydrogens is 456 g/mol. The van der Waals surface area contributed by atoms with Gasteiger partial charge in [-0.3, -0.25) is 14.4 Å². The first-order valence-electron chi connectivity index (χ1n) is 12.5. The SMILES string of the molecule is CCCCC(=O)N(CCCOC)CC(=O)N(Cc1ccccc1)Cc1coc2ccc(C)cc2c1=O. The zero-order chi connectivity index (χ0) is 25.9. The molecule has 2 amide bonds. The molecule has 7 heteroatoms. The number of hydrogen-bond donors (Lipinski definition) is 0. The third kappa shape index (κ3) is 7.52. The van der Waals surface area contributed by atoms with E-state index >= 15 is 0 Å². The normalized spacial score (nSPS) is 11.0. The highest BCUT2D eigenvalue weighted by molar-refractivity contribution is 5.85. The second kappa shape index (κ2) is 13.6. The zero-order valence-electron chi connectivity index (χ0n) is 21.5. The van der Waals surface area contributed by atoms with Crippen LogP contribution in [-0.4, -0.2) is 48.4 Å². The van der Waals surface area contributed by atoms with Gasteiger partial charge in [-0.05, 0) is 37.5 Å². The van der Waals surface area contributed by atoms with Crippen LogP contribution in [0, 0.1) is 6.92 Å². The molecule has 0 aliphatic heterocycles. The Bertz CT molecular complexity index is 1210. The highest BCUT2D eigenvalue weighted by Gasteiger charge is 2.23. The summed E-state index contributed by atoms with van der Waals surface area (Å²) in [7, 11) is 1.62. The fourth-order valence-corrected chi connectivity index (χ4v) is 4.08. The summed E-state index contributed by atoms with van der Waals surface area (Å²) in [6, 6.07) is 15.1. The van der Waals surface area contributed by atoms with E-state index in [0.717, 1.165) is 24.0 Å². The Morgan fingerprint density at radius 1 is 0.972 bits per heavy atom. The molecule has 1 heterocycles. The van der Waals surface area contributed by atoms with Crippen LogP contribution in [0.15, 0.2) is 64.0 Å². The van der Waals surface area contributed by atoms with Crippen molar-refractivity contribution in [2.75, 3.05) is 26.8 Å². The molecule has 36 heavy (non-hydrogen) atoms. The fraction of sp³-hybridized carbons (Fsp3) is 0.414. The van der Waals surface area contributed by atoms with Gasteiger partial charge in [0.15, 0.2) is 5.43 Å². The molecule has 0 fully saturated rings. The van der Waals surface area contributed by atoms with Gasteiger partial charge >= 0.3 is 0 Å². The van der Waals surface area contributed by atoms with Crippen LogP contribution in [0.4, 0.5) is 0 Å². The Balaban J connectivity index is 1.87. The van der Waals surface area contributed by atoms with E-state index in [-0.39, 0.29) is 30.3 Å². The van der Waals surface area contributed by atoms with E-state index < -0.39 is 0 Å². The number of aryl methyl sites for hydroxylation is 1. The van der Waals surface area contributed by atoms with Gasteiger partial charge in [-0.25, -0.2) is 0 Å². The fourth-order valence-electron chi connectivity index (χ4n) is 4.08. The minimum atomic E-state index is -0.218. The number of carbonyl (C=O) groups is 2. The van der Waals surface area contributed by atoms with Gasteiger partial charge in [-0.2, -0.15) is 0 Å². The second-order valence-corrected chi connectivity index (χ2v) is 9.09. The molecule has 7 nitrogen and oxygen atoms in total. The second-order valence-electron chi connectivity index (χ2n) is 9.09. The molecule has 0 radical (unpaired) electrons. The lowest BCUT2D eigenvalue weighted by Gasteiger charge is -2.28. The number of methoxy groups -OCH3 is 1. The molecule has 0 atom stereocenters. The summed E-state index contributed by atoms with van der Waals surface area (Å²) in [6.45, 7) is 5.28. The third-order valence-electron chi connectivity index (χ3n) is 6.13. The van der Waals surface area contributed by atoms with Gasteiger partial charge in [0, 0.05) is 33.2 Å². The first kappa shape index (κ1) is 27.1. The van der Waals surface area contributed by atoms with E-state index in [1.807, 2.05) is 50.2 Å². The molecule has 0 spiro atoms. The number of fused-ring (bicyclic) bond motifs is 1. The van der Waals surface area contributed by atoms with Crippen molar-refractivity contribution in [1.82, 2.24) is 9.80 Å². The maximum atomic E-state index is 13.6.